The predicted molar refractivity (Wildman–Crippen MR) is 65.9 cm³/mol. The minimum Gasteiger partial charge on any atom is -0.339 e. The van der Waals surface area contributed by atoms with Gasteiger partial charge in [-0.05, 0) is 38.1 Å². The Balaban J connectivity index is 2.23. The zero-order valence-corrected chi connectivity index (χ0v) is 9.73. The second-order valence-electron chi connectivity index (χ2n) is 3.75. The van der Waals surface area contributed by atoms with Crippen molar-refractivity contribution >= 4 is 11.5 Å². The van der Waals surface area contributed by atoms with Crippen LogP contribution in [0.3, 0.4) is 0 Å². The van der Waals surface area contributed by atoms with E-state index in [1.165, 1.54) is 0 Å². The molecule has 4 nitrogen and oxygen atoms in total. The van der Waals surface area contributed by atoms with Crippen LogP contribution in [0.15, 0.2) is 30.5 Å². The number of hydrogen-bond donors (Lipinski definition) is 1. The van der Waals surface area contributed by atoms with Crippen molar-refractivity contribution < 1.29 is 0 Å². The van der Waals surface area contributed by atoms with Crippen LogP contribution < -0.4 is 5.32 Å². The van der Waals surface area contributed by atoms with Crippen LogP contribution in [0.4, 0.5) is 11.5 Å². The van der Waals surface area contributed by atoms with Gasteiger partial charge in [-0.25, -0.2) is 4.98 Å². The summed E-state index contributed by atoms with van der Waals surface area (Å²) < 4.78 is 0. The van der Waals surface area contributed by atoms with Crippen molar-refractivity contribution in [1.29, 1.82) is 5.26 Å². The molecule has 0 amide bonds. The summed E-state index contributed by atoms with van der Waals surface area (Å²) in [5.74, 6) is 0.706. The molecule has 0 bridgehead atoms. The summed E-state index contributed by atoms with van der Waals surface area (Å²) in [7, 11) is 0. The Morgan fingerprint density at radius 1 is 1.18 bits per heavy atom. The van der Waals surface area contributed by atoms with Crippen molar-refractivity contribution in [1.82, 2.24) is 9.97 Å². The zero-order valence-electron chi connectivity index (χ0n) is 9.73. The van der Waals surface area contributed by atoms with E-state index in [2.05, 4.69) is 15.3 Å². The number of nitrogens with one attached hydrogen (secondary N) is 1. The zero-order chi connectivity index (χ0) is 12.3. The molecule has 0 aliphatic carbocycles. The number of anilines is 2. The fourth-order valence-corrected chi connectivity index (χ4v) is 1.49. The fraction of sp³-hybridized carbons (Fsp3) is 0.154. The van der Waals surface area contributed by atoms with Crippen molar-refractivity contribution in [2.24, 2.45) is 0 Å². The lowest BCUT2D eigenvalue weighted by atomic mass is 10.2. The first-order valence-corrected chi connectivity index (χ1v) is 5.26. The third kappa shape index (κ3) is 2.58. The maximum Gasteiger partial charge on any atom is 0.130 e. The first-order chi connectivity index (χ1) is 8.19. The van der Waals surface area contributed by atoms with E-state index >= 15 is 0 Å². The highest BCUT2D eigenvalue weighted by Gasteiger charge is 2.01. The van der Waals surface area contributed by atoms with Crippen LogP contribution >= 0.6 is 0 Å². The van der Waals surface area contributed by atoms with E-state index in [1.807, 2.05) is 32.0 Å². The third-order valence-corrected chi connectivity index (χ3v) is 2.38. The molecule has 0 aliphatic rings. The maximum absolute atomic E-state index is 8.67. The largest absolute Gasteiger partial charge is 0.339 e. The Labute approximate surface area is 100.0 Å². The van der Waals surface area contributed by atoms with E-state index in [-0.39, 0.29) is 0 Å². The third-order valence-electron chi connectivity index (χ3n) is 2.38. The number of nitrogens with zero attached hydrogens (tertiary/aromatic N) is 3. The van der Waals surface area contributed by atoms with Crippen LogP contribution in [-0.4, -0.2) is 9.97 Å². The highest BCUT2D eigenvalue weighted by atomic mass is 15.0. The van der Waals surface area contributed by atoms with E-state index in [0.29, 0.717) is 11.4 Å². The molecule has 1 N–H and O–H groups in total. The molecule has 4 heteroatoms. The van der Waals surface area contributed by atoms with Gasteiger partial charge in [0.1, 0.15) is 11.9 Å². The van der Waals surface area contributed by atoms with Gasteiger partial charge in [-0.15, -0.1) is 0 Å². The number of pyridine rings is 2. The molecule has 2 heterocycles. The summed E-state index contributed by atoms with van der Waals surface area (Å²) in [4.78, 5) is 8.51. The molecule has 0 atom stereocenters. The molecule has 0 saturated heterocycles. The Morgan fingerprint density at radius 2 is 2.00 bits per heavy atom. The lowest BCUT2D eigenvalue weighted by Gasteiger charge is -2.08. The first kappa shape index (κ1) is 11.1. The summed E-state index contributed by atoms with van der Waals surface area (Å²) in [6.45, 7) is 3.90. The normalized spacial score (nSPS) is 9.71. The van der Waals surface area contributed by atoms with Crippen molar-refractivity contribution in [2.45, 2.75) is 13.8 Å². The summed E-state index contributed by atoms with van der Waals surface area (Å²) >= 11 is 0. The molecule has 0 spiro atoms. The molecule has 2 rings (SSSR count). The standard InChI is InChI=1S/C13H12N4/c1-9-3-5-12(10(2)16-9)17-13-6-4-11(7-14)8-15-13/h3-6,8H,1-2H3,(H,15,17). The lowest BCUT2D eigenvalue weighted by molar-refractivity contribution is 1.12. The van der Waals surface area contributed by atoms with Crippen LogP contribution in [-0.2, 0) is 0 Å². The molecule has 0 radical (unpaired) electrons. The van der Waals surface area contributed by atoms with E-state index < -0.39 is 0 Å². The number of hydrogen-bond acceptors (Lipinski definition) is 4. The van der Waals surface area contributed by atoms with Crippen LogP contribution in [0.25, 0.3) is 0 Å². The van der Waals surface area contributed by atoms with Gasteiger partial charge in [-0.3, -0.25) is 4.98 Å². The number of nitriles is 1. The predicted octanol–water partition coefficient (Wildman–Crippen LogP) is 2.71. The maximum atomic E-state index is 8.67. The molecule has 0 fully saturated rings. The number of aryl methyl sites for hydroxylation is 2. The fourth-order valence-electron chi connectivity index (χ4n) is 1.49. The van der Waals surface area contributed by atoms with Gasteiger partial charge in [0.05, 0.1) is 16.9 Å². The van der Waals surface area contributed by atoms with E-state index in [1.54, 1.807) is 18.3 Å². The van der Waals surface area contributed by atoms with E-state index in [4.69, 9.17) is 5.26 Å². The monoisotopic (exact) mass is 224 g/mol. The summed E-state index contributed by atoms with van der Waals surface area (Å²) in [6, 6.07) is 9.45. The Kier molecular flexibility index (Phi) is 3.01. The molecule has 0 saturated carbocycles. The summed E-state index contributed by atoms with van der Waals surface area (Å²) in [6.07, 6.45) is 1.54. The smallest absolute Gasteiger partial charge is 0.130 e. The molecular formula is C13H12N4. The number of aromatic nitrogens is 2. The van der Waals surface area contributed by atoms with Gasteiger partial charge in [0.15, 0.2) is 0 Å². The van der Waals surface area contributed by atoms with Crippen molar-refractivity contribution in [3.8, 4) is 6.07 Å². The van der Waals surface area contributed by atoms with Gasteiger partial charge in [-0.2, -0.15) is 5.26 Å². The van der Waals surface area contributed by atoms with Gasteiger partial charge in [0.2, 0.25) is 0 Å². The van der Waals surface area contributed by atoms with Gasteiger partial charge < -0.3 is 5.32 Å². The molecule has 2 aromatic heterocycles. The quantitative estimate of drug-likeness (QED) is 0.851. The van der Waals surface area contributed by atoms with Crippen LogP contribution in [0.1, 0.15) is 17.0 Å². The molecule has 0 aromatic carbocycles. The molecular weight excluding hydrogens is 212 g/mol. The van der Waals surface area contributed by atoms with Crippen molar-refractivity contribution in [2.75, 3.05) is 5.32 Å². The van der Waals surface area contributed by atoms with Crippen molar-refractivity contribution in [3.05, 3.63) is 47.4 Å². The highest BCUT2D eigenvalue weighted by molar-refractivity contribution is 5.58. The Morgan fingerprint density at radius 3 is 2.59 bits per heavy atom. The molecule has 84 valence electrons. The Hall–Kier alpha value is -2.41. The lowest BCUT2D eigenvalue weighted by Crippen LogP contribution is -1.98. The molecule has 0 unspecified atom stereocenters. The SMILES string of the molecule is Cc1ccc(Nc2ccc(C#N)cn2)c(C)n1. The minimum absolute atomic E-state index is 0.550. The van der Waals surface area contributed by atoms with Gasteiger partial charge in [0, 0.05) is 11.9 Å². The van der Waals surface area contributed by atoms with Gasteiger partial charge >= 0.3 is 0 Å². The summed E-state index contributed by atoms with van der Waals surface area (Å²) in [5.41, 5.74) is 3.39. The van der Waals surface area contributed by atoms with E-state index in [0.717, 1.165) is 17.1 Å². The second-order valence-corrected chi connectivity index (χ2v) is 3.75. The molecule has 0 aliphatic heterocycles. The van der Waals surface area contributed by atoms with E-state index in [9.17, 15) is 0 Å². The van der Waals surface area contributed by atoms with Crippen LogP contribution in [0.2, 0.25) is 0 Å². The minimum atomic E-state index is 0.550. The molecule has 17 heavy (non-hydrogen) atoms. The average Bonchev–Trinajstić information content (AvgIpc) is 2.34. The Bertz CT molecular complexity index is 567. The number of rotatable bonds is 2. The average molecular weight is 224 g/mol. The van der Waals surface area contributed by atoms with Gasteiger partial charge in [-0.1, -0.05) is 0 Å². The topological polar surface area (TPSA) is 61.6 Å². The van der Waals surface area contributed by atoms with Crippen LogP contribution in [0, 0.1) is 25.2 Å². The van der Waals surface area contributed by atoms with Crippen molar-refractivity contribution in [3.63, 3.8) is 0 Å². The highest BCUT2D eigenvalue weighted by Crippen LogP contribution is 2.17. The van der Waals surface area contributed by atoms with Gasteiger partial charge in [0.25, 0.3) is 0 Å². The van der Waals surface area contributed by atoms with Crippen LogP contribution in [0.5, 0.6) is 0 Å². The molecule has 2 aromatic rings. The first-order valence-electron chi connectivity index (χ1n) is 5.26. The second kappa shape index (κ2) is 4.62. The summed E-state index contributed by atoms with van der Waals surface area (Å²) in [5, 5.41) is 11.8.